The molecule has 0 saturated heterocycles. The van der Waals surface area contributed by atoms with Gasteiger partial charge in [-0.1, -0.05) is 42.1 Å². The van der Waals surface area contributed by atoms with Crippen molar-refractivity contribution in [3.05, 3.63) is 48.3 Å². The van der Waals surface area contributed by atoms with Gasteiger partial charge in [0.25, 0.3) is 0 Å². The molecule has 1 aromatic heterocycles. The molecular formula is C14H13N3OS. The number of nitrogens with zero attached hydrogens (tertiary/aromatic N) is 3. The Kier molecular flexibility index (Phi) is 3.21. The van der Waals surface area contributed by atoms with E-state index in [9.17, 15) is 4.79 Å². The average molecular weight is 271 g/mol. The molecule has 1 aliphatic heterocycles. The number of hydrogen-bond donors (Lipinski definition) is 0. The van der Waals surface area contributed by atoms with Crippen LogP contribution in [0.15, 0.2) is 47.8 Å². The van der Waals surface area contributed by atoms with Crippen LogP contribution in [-0.2, 0) is 11.3 Å². The van der Waals surface area contributed by atoms with Crippen LogP contribution in [0.2, 0.25) is 0 Å². The number of rotatable bonds is 2. The second kappa shape index (κ2) is 5.01. The lowest BCUT2D eigenvalue weighted by atomic mass is 10.2. The Morgan fingerprint density at radius 2 is 1.95 bits per heavy atom. The van der Waals surface area contributed by atoms with Crippen molar-refractivity contribution in [2.75, 3.05) is 4.90 Å². The van der Waals surface area contributed by atoms with Gasteiger partial charge in [-0.2, -0.15) is 0 Å². The summed E-state index contributed by atoms with van der Waals surface area (Å²) in [5.74, 6) is 0.751. The molecule has 2 heterocycles. The molecule has 2 aromatic rings. The van der Waals surface area contributed by atoms with Crippen LogP contribution in [0.4, 0.5) is 5.82 Å². The van der Waals surface area contributed by atoms with Crippen molar-refractivity contribution in [2.45, 2.75) is 23.7 Å². The van der Waals surface area contributed by atoms with Crippen molar-refractivity contribution in [3.8, 4) is 0 Å². The van der Waals surface area contributed by atoms with E-state index < -0.39 is 0 Å². The van der Waals surface area contributed by atoms with Gasteiger partial charge in [-0.3, -0.25) is 9.69 Å². The van der Waals surface area contributed by atoms with Crippen LogP contribution >= 0.6 is 11.8 Å². The molecule has 0 N–H and O–H groups in total. The zero-order chi connectivity index (χ0) is 13.2. The fraction of sp³-hybridized carbons (Fsp3) is 0.214. The molecule has 1 amide bonds. The van der Waals surface area contributed by atoms with Crippen molar-refractivity contribution < 1.29 is 4.79 Å². The topological polar surface area (TPSA) is 46.1 Å². The van der Waals surface area contributed by atoms with E-state index >= 15 is 0 Å². The molecule has 1 unspecified atom stereocenters. The van der Waals surface area contributed by atoms with E-state index in [1.807, 2.05) is 37.3 Å². The summed E-state index contributed by atoms with van der Waals surface area (Å²) in [6, 6.07) is 9.93. The number of anilines is 1. The predicted molar refractivity (Wildman–Crippen MR) is 75.0 cm³/mol. The highest BCUT2D eigenvalue weighted by atomic mass is 32.2. The SMILES string of the molecule is CC1Sc2nccnc2N(Cc2ccccc2)C1=O. The normalized spacial score (nSPS) is 18.3. The Morgan fingerprint density at radius 1 is 1.21 bits per heavy atom. The number of thioether (sulfide) groups is 1. The molecule has 0 bridgehead atoms. The summed E-state index contributed by atoms with van der Waals surface area (Å²) in [5.41, 5.74) is 1.09. The van der Waals surface area contributed by atoms with Crippen LogP contribution in [-0.4, -0.2) is 21.1 Å². The second-order valence-corrected chi connectivity index (χ2v) is 5.68. The van der Waals surface area contributed by atoms with Crippen LogP contribution in [0.25, 0.3) is 0 Å². The van der Waals surface area contributed by atoms with E-state index in [1.165, 1.54) is 11.8 Å². The van der Waals surface area contributed by atoms with Crippen LogP contribution in [0, 0.1) is 0 Å². The van der Waals surface area contributed by atoms with Crippen molar-refractivity contribution >= 4 is 23.5 Å². The van der Waals surface area contributed by atoms with E-state index in [0.717, 1.165) is 10.6 Å². The Balaban J connectivity index is 1.97. The van der Waals surface area contributed by atoms with Crippen LogP contribution < -0.4 is 4.90 Å². The van der Waals surface area contributed by atoms with Gasteiger partial charge in [-0.25, -0.2) is 9.97 Å². The first-order valence-corrected chi connectivity index (χ1v) is 6.96. The van der Waals surface area contributed by atoms with Gasteiger partial charge >= 0.3 is 0 Å². The lowest BCUT2D eigenvalue weighted by molar-refractivity contribution is -0.118. The van der Waals surface area contributed by atoms with Gasteiger partial charge in [0.2, 0.25) is 5.91 Å². The summed E-state index contributed by atoms with van der Waals surface area (Å²) in [6.07, 6.45) is 3.29. The maximum absolute atomic E-state index is 12.3. The van der Waals surface area contributed by atoms with Gasteiger partial charge in [-0.15, -0.1) is 0 Å². The Labute approximate surface area is 115 Å². The largest absolute Gasteiger partial charge is 0.289 e. The standard InChI is InChI=1S/C14H13N3OS/c1-10-14(18)17(9-11-5-3-2-4-6-11)12-13(19-10)16-8-7-15-12/h2-8,10H,9H2,1H3. The monoisotopic (exact) mass is 271 g/mol. The van der Waals surface area contributed by atoms with Crippen LogP contribution in [0.3, 0.4) is 0 Å². The second-order valence-electron chi connectivity index (χ2n) is 4.36. The number of fused-ring (bicyclic) bond motifs is 1. The first kappa shape index (κ1) is 12.2. The smallest absolute Gasteiger partial charge is 0.241 e. The molecule has 19 heavy (non-hydrogen) atoms. The van der Waals surface area contributed by atoms with Crippen molar-refractivity contribution in [2.24, 2.45) is 0 Å². The highest BCUT2D eigenvalue weighted by Crippen LogP contribution is 2.36. The highest BCUT2D eigenvalue weighted by Gasteiger charge is 2.32. The van der Waals surface area contributed by atoms with Crippen LogP contribution in [0.5, 0.6) is 0 Å². The summed E-state index contributed by atoms with van der Waals surface area (Å²) in [7, 11) is 0. The fourth-order valence-electron chi connectivity index (χ4n) is 2.05. The Hall–Kier alpha value is -1.88. The lowest BCUT2D eigenvalue weighted by Gasteiger charge is -2.30. The molecule has 96 valence electrons. The molecule has 0 spiro atoms. The number of aromatic nitrogens is 2. The minimum absolute atomic E-state index is 0.0850. The highest BCUT2D eigenvalue weighted by molar-refractivity contribution is 8.00. The van der Waals surface area contributed by atoms with Gasteiger partial charge in [0.15, 0.2) is 5.82 Å². The van der Waals surface area contributed by atoms with Crippen molar-refractivity contribution in [1.82, 2.24) is 9.97 Å². The quantitative estimate of drug-likeness (QED) is 0.842. The molecular weight excluding hydrogens is 258 g/mol. The van der Waals surface area contributed by atoms with Gasteiger partial charge < -0.3 is 0 Å². The van der Waals surface area contributed by atoms with Gasteiger partial charge in [0.1, 0.15) is 5.03 Å². The first-order valence-electron chi connectivity index (χ1n) is 6.08. The number of amides is 1. The fourth-order valence-corrected chi connectivity index (χ4v) is 3.00. The zero-order valence-electron chi connectivity index (χ0n) is 10.5. The molecule has 0 aliphatic carbocycles. The molecule has 0 saturated carbocycles. The summed E-state index contributed by atoms with van der Waals surface area (Å²) < 4.78 is 0. The van der Waals surface area contributed by atoms with E-state index in [1.54, 1.807) is 17.3 Å². The molecule has 1 aromatic carbocycles. The minimum atomic E-state index is -0.118. The van der Waals surface area contributed by atoms with E-state index in [0.29, 0.717) is 12.4 Å². The lowest BCUT2D eigenvalue weighted by Crippen LogP contribution is -2.40. The molecule has 4 nitrogen and oxygen atoms in total. The number of carbonyl (C=O) groups excluding carboxylic acids is 1. The van der Waals surface area contributed by atoms with E-state index in [2.05, 4.69) is 9.97 Å². The Bertz CT molecular complexity index is 603. The summed E-state index contributed by atoms with van der Waals surface area (Å²) in [6.45, 7) is 2.44. The maximum atomic E-state index is 12.3. The van der Waals surface area contributed by atoms with E-state index in [-0.39, 0.29) is 11.2 Å². The van der Waals surface area contributed by atoms with Crippen LogP contribution in [0.1, 0.15) is 12.5 Å². The third-order valence-electron chi connectivity index (χ3n) is 2.99. The van der Waals surface area contributed by atoms with Crippen molar-refractivity contribution in [3.63, 3.8) is 0 Å². The van der Waals surface area contributed by atoms with Gasteiger partial charge in [-0.05, 0) is 12.5 Å². The third kappa shape index (κ3) is 2.33. The number of benzene rings is 1. The van der Waals surface area contributed by atoms with Gasteiger partial charge in [0.05, 0.1) is 11.8 Å². The van der Waals surface area contributed by atoms with Gasteiger partial charge in [0, 0.05) is 12.4 Å². The predicted octanol–water partition coefficient (Wildman–Crippen LogP) is 2.50. The Morgan fingerprint density at radius 3 is 2.74 bits per heavy atom. The molecule has 1 atom stereocenters. The molecule has 5 heteroatoms. The minimum Gasteiger partial charge on any atom is -0.289 e. The maximum Gasteiger partial charge on any atom is 0.241 e. The number of hydrogen-bond acceptors (Lipinski definition) is 4. The first-order chi connectivity index (χ1) is 9.25. The summed E-state index contributed by atoms with van der Waals surface area (Å²) in [4.78, 5) is 22.7. The third-order valence-corrected chi connectivity index (χ3v) is 4.05. The molecule has 1 aliphatic rings. The zero-order valence-corrected chi connectivity index (χ0v) is 11.3. The summed E-state index contributed by atoms with van der Waals surface area (Å²) in [5, 5.41) is 0.707. The van der Waals surface area contributed by atoms with E-state index in [4.69, 9.17) is 0 Å². The molecule has 0 radical (unpaired) electrons. The molecule has 0 fully saturated rings. The molecule has 3 rings (SSSR count). The average Bonchev–Trinajstić information content (AvgIpc) is 2.45. The number of carbonyl (C=O) groups is 1. The van der Waals surface area contributed by atoms with Crippen molar-refractivity contribution in [1.29, 1.82) is 0 Å². The summed E-state index contributed by atoms with van der Waals surface area (Å²) >= 11 is 1.47.